The van der Waals surface area contributed by atoms with Gasteiger partial charge in [0.1, 0.15) is 5.82 Å². The first-order valence-electron chi connectivity index (χ1n) is 6.90. The van der Waals surface area contributed by atoms with Crippen LogP contribution >= 0.6 is 0 Å². The van der Waals surface area contributed by atoms with Gasteiger partial charge in [0.05, 0.1) is 18.2 Å². The van der Waals surface area contributed by atoms with Crippen LogP contribution in [0.2, 0.25) is 0 Å². The summed E-state index contributed by atoms with van der Waals surface area (Å²) in [6.07, 6.45) is -0.838. The molecule has 3 N–H and O–H groups in total. The Balaban J connectivity index is 2.06. The molecule has 112 valence electrons. The SMILES string of the molecule is CC(CO)(NCC(O)c1cccc(F)c1)c1ccccc1. The number of hydrogen-bond acceptors (Lipinski definition) is 3. The Morgan fingerprint density at radius 3 is 2.48 bits per heavy atom. The zero-order valence-electron chi connectivity index (χ0n) is 12.0. The van der Waals surface area contributed by atoms with E-state index in [0.29, 0.717) is 5.56 Å². The normalized spacial score (nSPS) is 15.4. The van der Waals surface area contributed by atoms with E-state index in [-0.39, 0.29) is 19.0 Å². The Labute approximate surface area is 124 Å². The van der Waals surface area contributed by atoms with E-state index in [1.165, 1.54) is 12.1 Å². The average Bonchev–Trinajstić information content (AvgIpc) is 2.53. The number of benzene rings is 2. The molecule has 4 heteroatoms. The van der Waals surface area contributed by atoms with Crippen molar-refractivity contribution in [2.75, 3.05) is 13.2 Å². The summed E-state index contributed by atoms with van der Waals surface area (Å²) < 4.78 is 13.2. The quantitative estimate of drug-likeness (QED) is 0.765. The molecular weight excluding hydrogens is 269 g/mol. The number of rotatable bonds is 6. The molecule has 0 saturated carbocycles. The van der Waals surface area contributed by atoms with E-state index in [1.807, 2.05) is 37.3 Å². The summed E-state index contributed by atoms with van der Waals surface area (Å²) in [6, 6.07) is 15.4. The molecule has 2 unspecified atom stereocenters. The molecule has 0 spiro atoms. The molecule has 0 aromatic heterocycles. The van der Waals surface area contributed by atoms with E-state index < -0.39 is 11.6 Å². The van der Waals surface area contributed by atoms with E-state index in [9.17, 15) is 14.6 Å². The molecular formula is C17H20FNO2. The predicted octanol–water partition coefficient (Wildman–Crippen LogP) is 2.36. The lowest BCUT2D eigenvalue weighted by Gasteiger charge is -2.30. The fourth-order valence-corrected chi connectivity index (χ4v) is 2.21. The van der Waals surface area contributed by atoms with Gasteiger partial charge in [-0.15, -0.1) is 0 Å². The van der Waals surface area contributed by atoms with Crippen LogP contribution in [0.4, 0.5) is 4.39 Å². The van der Waals surface area contributed by atoms with Gasteiger partial charge >= 0.3 is 0 Å². The number of nitrogens with one attached hydrogen (secondary N) is 1. The zero-order valence-corrected chi connectivity index (χ0v) is 12.0. The molecule has 2 rings (SSSR count). The van der Waals surface area contributed by atoms with Gasteiger partial charge in [0.2, 0.25) is 0 Å². The lowest BCUT2D eigenvalue weighted by atomic mass is 9.92. The Hall–Kier alpha value is -1.75. The predicted molar refractivity (Wildman–Crippen MR) is 80.2 cm³/mol. The van der Waals surface area contributed by atoms with Crippen LogP contribution in [-0.2, 0) is 5.54 Å². The fraction of sp³-hybridized carbons (Fsp3) is 0.294. The Kier molecular flexibility index (Phi) is 5.07. The number of aliphatic hydroxyl groups excluding tert-OH is 2. The van der Waals surface area contributed by atoms with Gasteiger partial charge in [0.15, 0.2) is 0 Å². The lowest BCUT2D eigenvalue weighted by molar-refractivity contribution is 0.128. The molecule has 0 radical (unpaired) electrons. The topological polar surface area (TPSA) is 52.5 Å². The van der Waals surface area contributed by atoms with Crippen LogP contribution in [-0.4, -0.2) is 23.4 Å². The van der Waals surface area contributed by atoms with Crippen LogP contribution < -0.4 is 5.32 Å². The molecule has 0 amide bonds. The minimum absolute atomic E-state index is 0.104. The first-order chi connectivity index (χ1) is 10.0. The van der Waals surface area contributed by atoms with E-state index in [2.05, 4.69) is 5.32 Å². The maximum absolute atomic E-state index is 13.2. The van der Waals surface area contributed by atoms with Gasteiger partial charge in [-0.1, -0.05) is 42.5 Å². The zero-order chi connectivity index (χ0) is 15.3. The summed E-state index contributed by atoms with van der Waals surface area (Å²) in [5.41, 5.74) is 0.782. The lowest BCUT2D eigenvalue weighted by Crippen LogP contribution is -2.44. The van der Waals surface area contributed by atoms with Gasteiger partial charge in [-0.05, 0) is 30.2 Å². The molecule has 0 aliphatic carbocycles. The largest absolute Gasteiger partial charge is 0.394 e. The average molecular weight is 289 g/mol. The monoisotopic (exact) mass is 289 g/mol. The third kappa shape index (κ3) is 3.88. The van der Waals surface area contributed by atoms with Gasteiger partial charge < -0.3 is 15.5 Å². The van der Waals surface area contributed by atoms with Gasteiger partial charge in [-0.3, -0.25) is 0 Å². The summed E-state index contributed by atoms with van der Waals surface area (Å²) in [5, 5.41) is 23.0. The van der Waals surface area contributed by atoms with Crippen molar-refractivity contribution in [1.29, 1.82) is 0 Å². The third-order valence-corrected chi connectivity index (χ3v) is 3.65. The van der Waals surface area contributed by atoms with Gasteiger partial charge in [0.25, 0.3) is 0 Å². The minimum Gasteiger partial charge on any atom is -0.394 e. The van der Waals surface area contributed by atoms with Crippen molar-refractivity contribution >= 4 is 0 Å². The third-order valence-electron chi connectivity index (χ3n) is 3.65. The maximum Gasteiger partial charge on any atom is 0.123 e. The highest BCUT2D eigenvalue weighted by atomic mass is 19.1. The highest BCUT2D eigenvalue weighted by Gasteiger charge is 2.26. The number of hydrogen-bond donors (Lipinski definition) is 3. The molecule has 0 aliphatic rings. The highest BCUT2D eigenvalue weighted by Crippen LogP contribution is 2.21. The molecule has 21 heavy (non-hydrogen) atoms. The molecule has 3 nitrogen and oxygen atoms in total. The second kappa shape index (κ2) is 6.80. The first-order valence-corrected chi connectivity index (χ1v) is 6.90. The Morgan fingerprint density at radius 2 is 1.86 bits per heavy atom. The highest BCUT2D eigenvalue weighted by molar-refractivity contribution is 5.24. The molecule has 0 aliphatic heterocycles. The Morgan fingerprint density at radius 1 is 1.14 bits per heavy atom. The van der Waals surface area contributed by atoms with Gasteiger partial charge in [-0.25, -0.2) is 4.39 Å². The van der Waals surface area contributed by atoms with Crippen LogP contribution in [0.25, 0.3) is 0 Å². The molecule has 0 bridgehead atoms. The molecule has 0 fully saturated rings. The molecule has 0 saturated heterocycles. The van der Waals surface area contributed by atoms with Gasteiger partial charge in [0, 0.05) is 6.54 Å². The second-order valence-electron chi connectivity index (χ2n) is 5.31. The second-order valence-corrected chi connectivity index (χ2v) is 5.31. The van der Waals surface area contributed by atoms with Crippen LogP contribution in [0.15, 0.2) is 54.6 Å². The van der Waals surface area contributed by atoms with Crippen molar-refractivity contribution in [3.63, 3.8) is 0 Å². The van der Waals surface area contributed by atoms with Crippen molar-refractivity contribution < 1.29 is 14.6 Å². The standard InChI is InChI=1S/C17H20FNO2/c1-17(12-20,14-7-3-2-4-8-14)19-11-16(21)13-6-5-9-15(18)10-13/h2-10,16,19-21H,11-12H2,1H3. The minimum atomic E-state index is -0.838. The van der Waals surface area contributed by atoms with Crippen LogP contribution in [0, 0.1) is 5.82 Å². The number of halogens is 1. The van der Waals surface area contributed by atoms with Crippen molar-refractivity contribution in [3.05, 3.63) is 71.5 Å². The van der Waals surface area contributed by atoms with Gasteiger partial charge in [-0.2, -0.15) is 0 Å². The molecule has 2 atom stereocenters. The maximum atomic E-state index is 13.2. The van der Waals surface area contributed by atoms with E-state index in [1.54, 1.807) is 12.1 Å². The summed E-state index contributed by atoms with van der Waals surface area (Å²) in [7, 11) is 0. The van der Waals surface area contributed by atoms with Crippen LogP contribution in [0.1, 0.15) is 24.2 Å². The summed E-state index contributed by atoms with van der Waals surface area (Å²) in [5.74, 6) is -0.375. The van der Waals surface area contributed by atoms with Crippen molar-refractivity contribution in [3.8, 4) is 0 Å². The Bertz CT molecular complexity index is 576. The van der Waals surface area contributed by atoms with Crippen LogP contribution in [0.5, 0.6) is 0 Å². The summed E-state index contributed by atoms with van der Waals surface area (Å²) in [4.78, 5) is 0. The van der Waals surface area contributed by atoms with Crippen molar-refractivity contribution in [2.45, 2.75) is 18.6 Å². The first kappa shape index (κ1) is 15.6. The van der Waals surface area contributed by atoms with Crippen molar-refractivity contribution in [1.82, 2.24) is 5.32 Å². The molecule has 2 aromatic carbocycles. The summed E-state index contributed by atoms with van der Waals surface area (Å²) in [6.45, 7) is 1.98. The van der Waals surface area contributed by atoms with E-state index >= 15 is 0 Å². The van der Waals surface area contributed by atoms with Crippen LogP contribution in [0.3, 0.4) is 0 Å². The molecule has 0 heterocycles. The van der Waals surface area contributed by atoms with Crippen molar-refractivity contribution in [2.24, 2.45) is 0 Å². The summed E-state index contributed by atoms with van der Waals surface area (Å²) >= 11 is 0. The smallest absolute Gasteiger partial charge is 0.123 e. The van der Waals surface area contributed by atoms with E-state index in [0.717, 1.165) is 5.56 Å². The molecule has 2 aromatic rings. The number of aliphatic hydroxyl groups is 2. The van der Waals surface area contributed by atoms with E-state index in [4.69, 9.17) is 0 Å². The fourth-order valence-electron chi connectivity index (χ4n) is 2.21.